The molecule has 0 aliphatic carbocycles. The maximum Gasteiger partial charge on any atom is 0.358 e. The standard InChI is InChI=1S/C24H26ClN3O3/c1-5-31-24(30)21-14-22(17-6-10-19(25)11-7-17)28(27-21)20-12-8-18(9-13-20)23(29)26-16(4)15(2)3/h6-16H,5H2,1-4H3,(H,26,29). The largest absolute Gasteiger partial charge is 0.461 e. The molecule has 0 saturated heterocycles. The van der Waals surface area contributed by atoms with Gasteiger partial charge < -0.3 is 10.1 Å². The average molecular weight is 440 g/mol. The van der Waals surface area contributed by atoms with Crippen molar-refractivity contribution in [3.63, 3.8) is 0 Å². The lowest BCUT2D eigenvalue weighted by Gasteiger charge is -2.17. The van der Waals surface area contributed by atoms with Crippen LogP contribution in [0, 0.1) is 5.92 Å². The fourth-order valence-corrected chi connectivity index (χ4v) is 3.05. The van der Waals surface area contributed by atoms with E-state index in [1.807, 2.05) is 19.1 Å². The quantitative estimate of drug-likeness (QED) is 0.517. The van der Waals surface area contributed by atoms with Gasteiger partial charge in [-0.3, -0.25) is 4.79 Å². The summed E-state index contributed by atoms with van der Waals surface area (Å²) < 4.78 is 6.77. The van der Waals surface area contributed by atoms with Crippen molar-refractivity contribution >= 4 is 23.5 Å². The fraction of sp³-hybridized carbons (Fsp3) is 0.292. The molecule has 0 radical (unpaired) electrons. The van der Waals surface area contributed by atoms with Crippen molar-refractivity contribution in [1.82, 2.24) is 15.1 Å². The molecule has 7 heteroatoms. The number of hydrogen-bond acceptors (Lipinski definition) is 4. The summed E-state index contributed by atoms with van der Waals surface area (Å²) >= 11 is 6.02. The van der Waals surface area contributed by atoms with Crippen molar-refractivity contribution in [2.45, 2.75) is 33.7 Å². The van der Waals surface area contributed by atoms with Gasteiger partial charge in [-0.15, -0.1) is 0 Å². The molecule has 6 nitrogen and oxygen atoms in total. The molecular formula is C24H26ClN3O3. The van der Waals surface area contributed by atoms with E-state index in [9.17, 15) is 9.59 Å². The predicted molar refractivity (Wildman–Crippen MR) is 122 cm³/mol. The minimum Gasteiger partial charge on any atom is -0.461 e. The number of hydrogen-bond donors (Lipinski definition) is 1. The van der Waals surface area contributed by atoms with Crippen molar-refractivity contribution in [2.24, 2.45) is 5.92 Å². The molecule has 3 aromatic rings. The highest BCUT2D eigenvalue weighted by molar-refractivity contribution is 6.30. The topological polar surface area (TPSA) is 73.2 Å². The van der Waals surface area contributed by atoms with E-state index in [4.69, 9.17) is 16.3 Å². The molecule has 1 heterocycles. The highest BCUT2D eigenvalue weighted by Gasteiger charge is 2.18. The lowest BCUT2D eigenvalue weighted by atomic mass is 10.1. The van der Waals surface area contributed by atoms with Crippen molar-refractivity contribution in [3.8, 4) is 16.9 Å². The normalized spacial score (nSPS) is 11.9. The molecule has 162 valence electrons. The molecule has 1 N–H and O–H groups in total. The van der Waals surface area contributed by atoms with Crippen LogP contribution in [0.25, 0.3) is 16.9 Å². The van der Waals surface area contributed by atoms with Crippen LogP contribution < -0.4 is 5.32 Å². The van der Waals surface area contributed by atoms with Gasteiger partial charge in [-0.05, 0) is 62.2 Å². The monoisotopic (exact) mass is 439 g/mol. The fourth-order valence-electron chi connectivity index (χ4n) is 2.92. The Bertz CT molecular complexity index is 1060. The zero-order valence-corrected chi connectivity index (χ0v) is 18.8. The van der Waals surface area contributed by atoms with Crippen LogP contribution in [-0.4, -0.2) is 34.3 Å². The average Bonchev–Trinajstić information content (AvgIpc) is 3.20. The van der Waals surface area contributed by atoms with Crippen molar-refractivity contribution < 1.29 is 14.3 Å². The molecule has 0 aliphatic heterocycles. The number of nitrogens with zero attached hydrogens (tertiary/aromatic N) is 2. The van der Waals surface area contributed by atoms with E-state index in [1.54, 1.807) is 54.1 Å². The first-order valence-corrected chi connectivity index (χ1v) is 10.6. The van der Waals surface area contributed by atoms with Crippen LogP contribution in [0.1, 0.15) is 48.5 Å². The van der Waals surface area contributed by atoms with Gasteiger partial charge >= 0.3 is 5.97 Å². The molecule has 2 aromatic carbocycles. The Morgan fingerprint density at radius 2 is 1.71 bits per heavy atom. The van der Waals surface area contributed by atoms with Gasteiger partial charge in [0.05, 0.1) is 18.0 Å². The molecule has 1 atom stereocenters. The number of carbonyl (C=O) groups is 2. The molecule has 0 bridgehead atoms. The third kappa shape index (κ3) is 5.33. The molecule has 0 aliphatic rings. The number of carbonyl (C=O) groups excluding carboxylic acids is 2. The summed E-state index contributed by atoms with van der Waals surface area (Å²) in [5.74, 6) is -0.274. The zero-order valence-electron chi connectivity index (χ0n) is 18.1. The molecule has 0 spiro atoms. The van der Waals surface area contributed by atoms with Crippen LogP contribution in [-0.2, 0) is 4.74 Å². The maximum absolute atomic E-state index is 12.5. The SMILES string of the molecule is CCOC(=O)c1cc(-c2ccc(Cl)cc2)n(-c2ccc(C(=O)NC(C)C(C)C)cc2)n1. The second-order valence-corrected chi connectivity index (χ2v) is 8.04. The molecule has 3 rings (SSSR count). The summed E-state index contributed by atoms with van der Waals surface area (Å²) in [5, 5.41) is 8.06. The van der Waals surface area contributed by atoms with Crippen molar-refractivity contribution in [1.29, 1.82) is 0 Å². The molecule has 0 fully saturated rings. The van der Waals surface area contributed by atoms with Gasteiger partial charge in [0.15, 0.2) is 5.69 Å². The Morgan fingerprint density at radius 1 is 1.06 bits per heavy atom. The van der Waals surface area contributed by atoms with Gasteiger partial charge in [0.2, 0.25) is 0 Å². The number of esters is 1. The van der Waals surface area contributed by atoms with E-state index in [0.717, 1.165) is 5.56 Å². The van der Waals surface area contributed by atoms with Gasteiger partial charge in [0.1, 0.15) is 0 Å². The van der Waals surface area contributed by atoms with E-state index in [2.05, 4.69) is 24.3 Å². The minimum atomic E-state index is -0.491. The molecule has 1 aromatic heterocycles. The summed E-state index contributed by atoms with van der Waals surface area (Å²) in [6.07, 6.45) is 0. The van der Waals surface area contributed by atoms with E-state index in [0.29, 0.717) is 27.9 Å². The van der Waals surface area contributed by atoms with Gasteiger partial charge in [0.25, 0.3) is 5.91 Å². The number of halogens is 1. The van der Waals surface area contributed by atoms with Gasteiger partial charge in [-0.2, -0.15) is 5.10 Å². The van der Waals surface area contributed by atoms with Gasteiger partial charge in [0, 0.05) is 22.2 Å². The summed E-state index contributed by atoms with van der Waals surface area (Å²) in [6.45, 7) is 8.12. The van der Waals surface area contributed by atoms with Crippen LogP contribution in [0.3, 0.4) is 0 Å². The van der Waals surface area contributed by atoms with Crippen LogP contribution in [0.15, 0.2) is 54.6 Å². The molecule has 1 unspecified atom stereocenters. The third-order valence-corrected chi connectivity index (χ3v) is 5.32. The van der Waals surface area contributed by atoms with Crippen molar-refractivity contribution in [3.05, 3.63) is 70.9 Å². The molecule has 31 heavy (non-hydrogen) atoms. The Kier molecular flexibility index (Phi) is 7.13. The second kappa shape index (κ2) is 9.79. The first-order valence-electron chi connectivity index (χ1n) is 10.2. The van der Waals surface area contributed by atoms with Crippen molar-refractivity contribution in [2.75, 3.05) is 6.61 Å². The Hall–Kier alpha value is -3.12. The van der Waals surface area contributed by atoms with Crippen LogP contribution in [0.5, 0.6) is 0 Å². The highest BCUT2D eigenvalue weighted by Crippen LogP contribution is 2.26. The number of aromatic nitrogens is 2. The second-order valence-electron chi connectivity index (χ2n) is 7.61. The predicted octanol–water partition coefficient (Wildman–Crippen LogP) is 5.14. The first kappa shape index (κ1) is 22.6. The number of nitrogens with one attached hydrogen (secondary N) is 1. The Morgan fingerprint density at radius 3 is 2.29 bits per heavy atom. The van der Waals surface area contributed by atoms with Gasteiger partial charge in [-0.25, -0.2) is 9.48 Å². The lowest BCUT2D eigenvalue weighted by Crippen LogP contribution is -2.36. The number of ether oxygens (including phenoxy) is 1. The Balaban J connectivity index is 1.96. The number of amides is 1. The van der Waals surface area contributed by atoms with E-state index in [1.165, 1.54) is 0 Å². The maximum atomic E-state index is 12.5. The molecule has 1 amide bonds. The summed E-state index contributed by atoms with van der Waals surface area (Å²) in [5.41, 5.74) is 3.04. The van der Waals surface area contributed by atoms with Crippen LogP contribution >= 0.6 is 11.6 Å². The van der Waals surface area contributed by atoms with Crippen LogP contribution in [0.4, 0.5) is 0 Å². The number of rotatable bonds is 7. The first-order chi connectivity index (χ1) is 14.8. The lowest BCUT2D eigenvalue weighted by molar-refractivity contribution is 0.0518. The zero-order chi connectivity index (χ0) is 22.5. The smallest absolute Gasteiger partial charge is 0.358 e. The number of benzene rings is 2. The molecule has 0 saturated carbocycles. The van der Waals surface area contributed by atoms with E-state index < -0.39 is 5.97 Å². The van der Waals surface area contributed by atoms with E-state index >= 15 is 0 Å². The summed E-state index contributed by atoms with van der Waals surface area (Å²) in [7, 11) is 0. The minimum absolute atomic E-state index is 0.0712. The van der Waals surface area contributed by atoms with Gasteiger partial charge in [-0.1, -0.05) is 37.6 Å². The van der Waals surface area contributed by atoms with E-state index in [-0.39, 0.29) is 24.2 Å². The molecular weight excluding hydrogens is 414 g/mol. The van der Waals surface area contributed by atoms with Crippen LogP contribution in [0.2, 0.25) is 5.02 Å². The summed E-state index contributed by atoms with van der Waals surface area (Å²) in [4.78, 5) is 24.7. The summed E-state index contributed by atoms with van der Waals surface area (Å²) in [6, 6.07) is 16.1. The third-order valence-electron chi connectivity index (χ3n) is 5.07. The Labute approximate surface area is 187 Å². The highest BCUT2D eigenvalue weighted by atomic mass is 35.5.